The minimum atomic E-state index is -1.51. The highest BCUT2D eigenvalue weighted by Crippen LogP contribution is 2.51. The molecule has 0 bridgehead atoms. The number of carbonyl (C=O) groups excluding carboxylic acids is 1. The summed E-state index contributed by atoms with van der Waals surface area (Å²) in [6.07, 6.45) is 1.42. The van der Waals surface area contributed by atoms with E-state index in [0.717, 1.165) is 12.8 Å². The molecule has 2 aromatic heterocycles. The summed E-state index contributed by atoms with van der Waals surface area (Å²) in [7, 11) is 0.127. The van der Waals surface area contributed by atoms with Gasteiger partial charge in [0.15, 0.2) is 22.5 Å². The fraction of sp³-hybridized carbons (Fsp3) is 0.786. The summed E-state index contributed by atoms with van der Waals surface area (Å²) in [6, 6.07) is 0.325. The molecule has 3 rings (SSSR count). The van der Waals surface area contributed by atoms with E-state index in [0.29, 0.717) is 37.0 Å². The summed E-state index contributed by atoms with van der Waals surface area (Å²) in [5.41, 5.74) is 0.391. The molecule has 1 N–H and O–H groups in total. The quantitative estimate of drug-likeness (QED) is 0.191. The molecule has 0 spiro atoms. The fourth-order valence-electron chi connectivity index (χ4n) is 4.92. The monoisotopic (exact) mass is 629 g/mol. The van der Waals surface area contributed by atoms with Crippen molar-refractivity contribution >= 4 is 36.6 Å². The molecule has 42 heavy (non-hydrogen) atoms. The van der Waals surface area contributed by atoms with Gasteiger partial charge in [0, 0.05) is 30.9 Å². The van der Waals surface area contributed by atoms with Crippen molar-refractivity contribution in [1.82, 2.24) is 24.2 Å². The van der Waals surface area contributed by atoms with Gasteiger partial charge < -0.3 is 28.2 Å². The Hall–Kier alpha value is -1.44. The lowest BCUT2D eigenvalue weighted by atomic mass is 10.1. The van der Waals surface area contributed by atoms with Crippen molar-refractivity contribution in [3.05, 3.63) is 22.5 Å². The Morgan fingerprint density at radius 1 is 1.17 bits per heavy atom. The maximum absolute atomic E-state index is 12.5. The number of aromatic amines is 1. The van der Waals surface area contributed by atoms with Crippen LogP contribution in [-0.4, -0.2) is 92.4 Å². The first kappa shape index (κ1) is 35.0. The van der Waals surface area contributed by atoms with Crippen LogP contribution in [0.3, 0.4) is 0 Å². The van der Waals surface area contributed by atoms with Crippen LogP contribution in [0.1, 0.15) is 73.4 Å². The number of aromatic nitrogens is 4. The number of carbonyl (C=O) groups is 1. The molecule has 0 saturated carbocycles. The Kier molecular flexibility index (Phi) is 13.8. The molecule has 2 aromatic rings. The molecule has 0 radical (unpaired) electrons. The summed E-state index contributed by atoms with van der Waals surface area (Å²) in [5.74, 6) is 1.12. The second-order valence-electron chi connectivity index (χ2n) is 11.2. The minimum Gasteiger partial charge on any atom is -0.378 e. The second kappa shape index (κ2) is 16.6. The number of nitrogens with one attached hydrogen (secondary N) is 1. The number of thioether (sulfide) groups is 1. The molecule has 0 amide bonds. The Bertz CT molecular complexity index is 1190. The highest BCUT2D eigenvalue weighted by Gasteiger charge is 2.49. The van der Waals surface area contributed by atoms with Crippen LogP contribution in [-0.2, 0) is 28.1 Å². The molecule has 1 aliphatic rings. The summed E-state index contributed by atoms with van der Waals surface area (Å²) in [6.45, 7) is 17.3. The van der Waals surface area contributed by atoms with Gasteiger partial charge in [-0.25, -0.2) is 14.6 Å². The van der Waals surface area contributed by atoms with Crippen LogP contribution in [0, 0.1) is 12.8 Å². The van der Waals surface area contributed by atoms with Crippen LogP contribution < -0.4 is 5.56 Å². The van der Waals surface area contributed by atoms with Crippen molar-refractivity contribution in [2.45, 2.75) is 105 Å². The van der Waals surface area contributed by atoms with Crippen LogP contribution in [0.15, 0.2) is 11.1 Å². The molecule has 238 valence electrons. The first-order valence-corrected chi connectivity index (χ1v) is 16.9. The van der Waals surface area contributed by atoms with E-state index < -0.39 is 27.0 Å². The number of aryl methyl sites for hydroxylation is 1. The van der Waals surface area contributed by atoms with Crippen molar-refractivity contribution in [3.63, 3.8) is 0 Å². The average molecular weight is 630 g/mol. The topological polar surface area (TPSA) is 130 Å². The zero-order valence-corrected chi connectivity index (χ0v) is 28.1. The third-order valence-corrected chi connectivity index (χ3v) is 10.0. The Morgan fingerprint density at radius 3 is 2.50 bits per heavy atom. The van der Waals surface area contributed by atoms with Crippen LogP contribution in [0.25, 0.3) is 11.2 Å². The summed E-state index contributed by atoms with van der Waals surface area (Å²) in [5, 5.41) is 0.170. The molecule has 5 unspecified atom stereocenters. The largest absolute Gasteiger partial charge is 0.378 e. The van der Waals surface area contributed by atoms with Gasteiger partial charge >= 0.3 is 0 Å². The normalized spacial score (nSPS) is 21.9. The van der Waals surface area contributed by atoms with Crippen LogP contribution >= 0.6 is 20.3 Å². The molecule has 1 saturated heterocycles. The Balaban J connectivity index is 1.78. The zero-order valence-electron chi connectivity index (χ0n) is 26.4. The van der Waals surface area contributed by atoms with E-state index in [2.05, 4.69) is 54.2 Å². The van der Waals surface area contributed by atoms with Crippen molar-refractivity contribution in [1.29, 1.82) is 0 Å². The number of imidazole rings is 1. The average Bonchev–Trinajstić information content (AvgIpc) is 3.48. The predicted molar refractivity (Wildman–Crippen MR) is 165 cm³/mol. The van der Waals surface area contributed by atoms with Gasteiger partial charge in [0.25, 0.3) is 14.1 Å². The van der Waals surface area contributed by atoms with Gasteiger partial charge in [0.05, 0.1) is 32.3 Å². The van der Waals surface area contributed by atoms with Gasteiger partial charge in [-0.3, -0.25) is 14.2 Å². The van der Waals surface area contributed by atoms with Gasteiger partial charge in [-0.2, -0.15) is 0 Å². The van der Waals surface area contributed by atoms with Crippen LogP contribution in [0.4, 0.5) is 0 Å². The number of fused-ring (bicyclic) bond motifs is 1. The van der Waals surface area contributed by atoms with Crippen molar-refractivity contribution in [2.24, 2.45) is 5.92 Å². The third-order valence-electron chi connectivity index (χ3n) is 6.79. The highest BCUT2D eigenvalue weighted by atomic mass is 32.2. The molecule has 12 nitrogen and oxygen atoms in total. The molecule has 0 aliphatic carbocycles. The molecule has 3 heterocycles. The summed E-state index contributed by atoms with van der Waals surface area (Å²) >= 11 is 1.30. The molecule has 0 aromatic carbocycles. The van der Waals surface area contributed by atoms with E-state index in [1.54, 1.807) is 24.9 Å². The van der Waals surface area contributed by atoms with E-state index in [4.69, 9.17) is 23.3 Å². The number of nitrogens with zero attached hydrogens (tertiary/aromatic N) is 4. The van der Waals surface area contributed by atoms with E-state index in [1.165, 1.54) is 11.8 Å². The number of H-pyrrole nitrogens is 1. The van der Waals surface area contributed by atoms with Crippen molar-refractivity contribution in [3.8, 4) is 0 Å². The van der Waals surface area contributed by atoms with E-state index in [1.807, 2.05) is 13.8 Å². The van der Waals surface area contributed by atoms with Gasteiger partial charge in [-0.1, -0.05) is 39.0 Å². The molecule has 14 heteroatoms. The lowest BCUT2D eigenvalue weighted by molar-refractivity contribution is -0.113. The van der Waals surface area contributed by atoms with Crippen molar-refractivity contribution < 1.29 is 28.1 Å². The standard InChI is InChI=1S/C28H48N5O7PS/c1-10-11-21-23(24(36-9)27(39-21)32-16-29-22-25(32)30-20(8)31-26(22)34)40-41(33(18(4)5)19(6)7)38-13-12-37-14-15-42-28(35)17(2)3/h16-19,21,23-24,27H,10-15H2,1-9H3,(H,30,31,34). The minimum absolute atomic E-state index is 0.0132. The number of methoxy groups -OCH3 is 1. The Morgan fingerprint density at radius 2 is 1.88 bits per heavy atom. The van der Waals surface area contributed by atoms with E-state index >= 15 is 0 Å². The maximum atomic E-state index is 12.5. The first-order valence-electron chi connectivity index (χ1n) is 14.7. The van der Waals surface area contributed by atoms with Crippen LogP contribution in [0.5, 0.6) is 0 Å². The van der Waals surface area contributed by atoms with Gasteiger partial charge in [-0.15, -0.1) is 0 Å². The van der Waals surface area contributed by atoms with E-state index in [9.17, 15) is 9.59 Å². The summed E-state index contributed by atoms with van der Waals surface area (Å²) in [4.78, 5) is 35.9. The van der Waals surface area contributed by atoms with Gasteiger partial charge in [-0.05, 0) is 41.0 Å². The molecule has 1 fully saturated rings. The smallest absolute Gasteiger partial charge is 0.279 e. The SMILES string of the molecule is CCCC1OC(n2cnc3c(=O)[nH]c(C)nc32)C(OC)C1OP(OCCOCCSC(=O)C(C)C)N(C(C)C)C(C)C. The fourth-order valence-corrected chi connectivity index (χ4v) is 7.41. The summed E-state index contributed by atoms with van der Waals surface area (Å²) < 4.78 is 35.5. The van der Waals surface area contributed by atoms with E-state index in [-0.39, 0.29) is 40.3 Å². The number of ether oxygens (including phenoxy) is 3. The van der Waals surface area contributed by atoms with Crippen LogP contribution in [0.2, 0.25) is 0 Å². The third kappa shape index (κ3) is 8.81. The Labute approximate surface area is 254 Å². The van der Waals surface area contributed by atoms with Gasteiger partial charge in [0.1, 0.15) is 18.0 Å². The predicted octanol–water partition coefficient (Wildman–Crippen LogP) is 4.82. The number of hydrogen-bond acceptors (Lipinski definition) is 11. The van der Waals surface area contributed by atoms with Crippen molar-refractivity contribution in [2.75, 3.05) is 32.7 Å². The maximum Gasteiger partial charge on any atom is 0.279 e. The lowest BCUT2D eigenvalue weighted by Gasteiger charge is -2.38. The number of rotatable bonds is 17. The lowest BCUT2D eigenvalue weighted by Crippen LogP contribution is -2.39. The molecule has 1 aliphatic heterocycles. The first-order chi connectivity index (χ1) is 20.0. The molecular formula is C28H48N5O7PS. The highest BCUT2D eigenvalue weighted by molar-refractivity contribution is 8.13. The molecular weight excluding hydrogens is 581 g/mol. The molecule has 5 atom stereocenters. The number of hydrogen-bond donors (Lipinski definition) is 1. The second-order valence-corrected chi connectivity index (χ2v) is 13.7. The van der Waals surface area contributed by atoms with Gasteiger partial charge in [0.2, 0.25) is 0 Å². The zero-order chi connectivity index (χ0) is 31.0.